The van der Waals surface area contributed by atoms with Crippen molar-refractivity contribution in [3.63, 3.8) is 0 Å². The van der Waals surface area contributed by atoms with Crippen molar-refractivity contribution in [3.05, 3.63) is 6.33 Å². The van der Waals surface area contributed by atoms with Gasteiger partial charge in [-0.2, -0.15) is 0 Å². The van der Waals surface area contributed by atoms with E-state index in [1.54, 1.807) is 0 Å². The normalized spacial score (nSPS) is 11.7. The van der Waals surface area contributed by atoms with Crippen LogP contribution in [0, 0.1) is 0 Å². The molecule has 0 atom stereocenters. The van der Waals surface area contributed by atoms with Crippen molar-refractivity contribution in [2.24, 2.45) is 0 Å². The zero-order valence-electron chi connectivity index (χ0n) is 10.2. The van der Waals surface area contributed by atoms with Gasteiger partial charge in [-0.1, -0.05) is 0 Å². The molecule has 0 radical (unpaired) electrons. The van der Waals surface area contributed by atoms with E-state index in [-0.39, 0.29) is 30.7 Å². The van der Waals surface area contributed by atoms with E-state index in [1.165, 1.54) is 25.1 Å². The predicted molar refractivity (Wildman–Crippen MR) is 64.9 cm³/mol. The number of nitrogens with two attached hydrogens (primary N) is 1. The van der Waals surface area contributed by atoms with Crippen LogP contribution in [0.2, 0.25) is 0 Å². The fourth-order valence-electron chi connectivity index (χ4n) is 1.09. The minimum absolute atomic E-state index is 0.0452. The smallest absolute Gasteiger partial charge is 0.241 e. The number of amides is 1. The van der Waals surface area contributed by atoms with Gasteiger partial charge < -0.3 is 11.1 Å². The van der Waals surface area contributed by atoms with E-state index in [0.29, 0.717) is 0 Å². The largest absolute Gasteiger partial charge is 0.367 e. The minimum atomic E-state index is -3.30. The second-order valence-electron chi connectivity index (χ2n) is 3.75. The Morgan fingerprint density at radius 3 is 2.72 bits per heavy atom. The topological polar surface area (TPSA) is 123 Å². The third-order valence-electron chi connectivity index (χ3n) is 2.10. The quantitative estimate of drug-likeness (QED) is 0.611. The lowest BCUT2D eigenvalue weighted by molar-refractivity contribution is -0.121. The summed E-state index contributed by atoms with van der Waals surface area (Å²) in [5.74, 6) is -0.419. The molecule has 3 N–H and O–H groups in total. The van der Waals surface area contributed by atoms with Crippen LogP contribution in [-0.4, -0.2) is 59.8 Å². The summed E-state index contributed by atoms with van der Waals surface area (Å²) < 4.78 is 25.2. The molecule has 0 unspecified atom stereocenters. The number of hydrogen-bond donors (Lipinski definition) is 2. The summed E-state index contributed by atoms with van der Waals surface area (Å²) in [5.41, 5.74) is 5.29. The number of rotatable bonds is 6. The highest BCUT2D eigenvalue weighted by Gasteiger charge is 2.13. The van der Waals surface area contributed by atoms with Crippen molar-refractivity contribution >= 4 is 21.9 Å². The number of hydrogen-bond acceptors (Lipinski definition) is 6. The van der Waals surface area contributed by atoms with Gasteiger partial charge in [0.05, 0.1) is 5.75 Å². The Bertz CT molecular complexity index is 509. The van der Waals surface area contributed by atoms with Crippen LogP contribution in [0.4, 0.5) is 5.95 Å². The van der Waals surface area contributed by atoms with Crippen molar-refractivity contribution in [1.82, 2.24) is 24.4 Å². The van der Waals surface area contributed by atoms with Crippen LogP contribution in [0.1, 0.15) is 0 Å². The van der Waals surface area contributed by atoms with Gasteiger partial charge in [0.15, 0.2) is 0 Å². The lowest BCUT2D eigenvalue weighted by Crippen LogP contribution is -2.35. The van der Waals surface area contributed by atoms with E-state index in [4.69, 9.17) is 5.73 Å². The molecule has 0 fully saturated rings. The second-order valence-corrected chi connectivity index (χ2v) is 6.05. The lowest BCUT2D eigenvalue weighted by Gasteiger charge is -2.11. The van der Waals surface area contributed by atoms with Crippen LogP contribution in [0.3, 0.4) is 0 Å². The van der Waals surface area contributed by atoms with Crippen LogP contribution < -0.4 is 11.1 Å². The maximum absolute atomic E-state index is 11.4. The van der Waals surface area contributed by atoms with Gasteiger partial charge >= 0.3 is 0 Å². The van der Waals surface area contributed by atoms with E-state index in [9.17, 15) is 13.2 Å². The van der Waals surface area contributed by atoms with Crippen LogP contribution in [-0.2, 0) is 21.4 Å². The summed E-state index contributed by atoms with van der Waals surface area (Å²) in [5, 5.41) is 6.21. The van der Waals surface area contributed by atoms with Gasteiger partial charge in [0.25, 0.3) is 0 Å². The van der Waals surface area contributed by atoms with Gasteiger partial charge in [0, 0.05) is 20.6 Å². The zero-order chi connectivity index (χ0) is 13.8. The highest BCUT2D eigenvalue weighted by Crippen LogP contribution is 1.93. The Morgan fingerprint density at radius 1 is 1.56 bits per heavy atom. The molecule has 0 bridgehead atoms. The van der Waals surface area contributed by atoms with Crippen molar-refractivity contribution in [2.75, 3.05) is 32.1 Å². The molecular weight excluding hydrogens is 260 g/mol. The van der Waals surface area contributed by atoms with Gasteiger partial charge in [-0.3, -0.25) is 4.79 Å². The molecule has 0 aliphatic carbocycles. The second kappa shape index (κ2) is 5.78. The van der Waals surface area contributed by atoms with Crippen molar-refractivity contribution in [2.45, 2.75) is 6.54 Å². The van der Waals surface area contributed by atoms with Crippen LogP contribution >= 0.6 is 0 Å². The third-order valence-corrected chi connectivity index (χ3v) is 3.93. The average molecular weight is 276 g/mol. The predicted octanol–water partition coefficient (Wildman–Crippen LogP) is -2.13. The summed E-state index contributed by atoms with van der Waals surface area (Å²) in [4.78, 5) is 15.1. The van der Waals surface area contributed by atoms with Crippen molar-refractivity contribution < 1.29 is 13.2 Å². The maximum atomic E-state index is 11.4. The first-order valence-electron chi connectivity index (χ1n) is 5.13. The number of nitrogens with one attached hydrogen (secondary N) is 1. The average Bonchev–Trinajstić information content (AvgIpc) is 2.63. The van der Waals surface area contributed by atoms with Gasteiger partial charge in [0.2, 0.25) is 21.9 Å². The number of anilines is 1. The molecule has 0 spiro atoms. The van der Waals surface area contributed by atoms with Crippen LogP contribution in [0.15, 0.2) is 6.33 Å². The standard InChI is InChI=1S/C8H16N6O3S/c1-13(2)18(16,17)4-3-10-7(15)5-14-6-11-8(9)12-14/h6H,3-5H2,1-2H3,(H2,9,12)(H,10,15). The SMILES string of the molecule is CN(C)S(=O)(=O)CCNC(=O)Cn1cnc(N)n1. The summed E-state index contributed by atoms with van der Waals surface area (Å²) in [6, 6.07) is 0. The number of carbonyl (C=O) groups excluding carboxylic acids is 1. The molecule has 1 heterocycles. The number of nitrogen functional groups attached to an aromatic ring is 1. The van der Waals surface area contributed by atoms with Crippen molar-refractivity contribution in [3.8, 4) is 0 Å². The van der Waals surface area contributed by atoms with E-state index in [0.717, 1.165) is 4.31 Å². The minimum Gasteiger partial charge on any atom is -0.367 e. The lowest BCUT2D eigenvalue weighted by atomic mass is 10.5. The molecule has 0 saturated carbocycles. The molecule has 18 heavy (non-hydrogen) atoms. The summed E-state index contributed by atoms with van der Waals surface area (Å²) in [6.45, 7) is -0.00423. The number of carbonyl (C=O) groups is 1. The van der Waals surface area contributed by atoms with E-state index < -0.39 is 10.0 Å². The van der Waals surface area contributed by atoms with E-state index in [2.05, 4.69) is 15.4 Å². The third kappa shape index (κ3) is 4.30. The summed E-state index contributed by atoms with van der Waals surface area (Å²) in [6.07, 6.45) is 1.32. The molecule has 1 aromatic heterocycles. The Balaban J connectivity index is 2.34. The van der Waals surface area contributed by atoms with E-state index >= 15 is 0 Å². The molecule has 102 valence electrons. The molecule has 0 saturated heterocycles. The van der Waals surface area contributed by atoms with Gasteiger partial charge in [-0.25, -0.2) is 22.4 Å². The Kier molecular flexibility index (Phi) is 4.62. The molecule has 10 heteroatoms. The molecular formula is C8H16N6O3S. The molecule has 1 rings (SSSR count). The zero-order valence-corrected chi connectivity index (χ0v) is 11.0. The first-order chi connectivity index (χ1) is 8.31. The summed E-state index contributed by atoms with van der Waals surface area (Å²) in [7, 11) is -0.419. The Labute approximate surface area is 105 Å². The Morgan fingerprint density at radius 2 is 2.22 bits per heavy atom. The first-order valence-corrected chi connectivity index (χ1v) is 6.74. The molecule has 9 nitrogen and oxygen atoms in total. The highest BCUT2D eigenvalue weighted by molar-refractivity contribution is 7.89. The number of aromatic nitrogens is 3. The maximum Gasteiger partial charge on any atom is 0.241 e. The molecule has 0 aliphatic rings. The summed E-state index contributed by atoms with van der Waals surface area (Å²) >= 11 is 0. The molecule has 1 amide bonds. The van der Waals surface area contributed by atoms with E-state index in [1.807, 2.05) is 0 Å². The highest BCUT2D eigenvalue weighted by atomic mass is 32.2. The van der Waals surface area contributed by atoms with Gasteiger partial charge in [-0.05, 0) is 0 Å². The Hall–Kier alpha value is -1.68. The van der Waals surface area contributed by atoms with Crippen LogP contribution in [0.25, 0.3) is 0 Å². The van der Waals surface area contributed by atoms with Crippen LogP contribution in [0.5, 0.6) is 0 Å². The molecule has 1 aromatic rings. The molecule has 0 aliphatic heterocycles. The monoisotopic (exact) mass is 276 g/mol. The van der Waals surface area contributed by atoms with Crippen molar-refractivity contribution in [1.29, 1.82) is 0 Å². The number of sulfonamides is 1. The number of nitrogens with zero attached hydrogens (tertiary/aromatic N) is 4. The van der Waals surface area contributed by atoms with Gasteiger partial charge in [-0.15, -0.1) is 5.10 Å². The first kappa shape index (κ1) is 14.4. The fourth-order valence-corrected chi connectivity index (χ4v) is 1.82. The fraction of sp³-hybridized carbons (Fsp3) is 0.625. The van der Waals surface area contributed by atoms with Gasteiger partial charge in [0.1, 0.15) is 12.9 Å². The molecule has 0 aromatic carbocycles.